The molecule has 0 saturated heterocycles. The standard InChI is InChI=1S/C14H18F2N2O2/c1-2-17-7-8-18-14(20)6-5-13(19)10-3-4-11(15)12(16)9-10/h3-4,9,17H,2,5-8H2,1H3,(H,18,20). The topological polar surface area (TPSA) is 58.2 Å². The van der Waals surface area contributed by atoms with Gasteiger partial charge < -0.3 is 10.6 Å². The quantitative estimate of drug-likeness (QED) is 0.564. The summed E-state index contributed by atoms with van der Waals surface area (Å²) in [5.41, 5.74) is 0.0735. The fourth-order valence-corrected chi connectivity index (χ4v) is 1.60. The van der Waals surface area contributed by atoms with Crippen LogP contribution in [0.4, 0.5) is 8.78 Å². The maximum absolute atomic E-state index is 13.0. The third kappa shape index (κ3) is 5.44. The summed E-state index contributed by atoms with van der Waals surface area (Å²) in [5.74, 6) is -2.68. The average molecular weight is 284 g/mol. The van der Waals surface area contributed by atoms with E-state index in [1.807, 2.05) is 6.92 Å². The summed E-state index contributed by atoms with van der Waals surface area (Å²) in [6.07, 6.45) is 0.00205. The SMILES string of the molecule is CCNCCNC(=O)CCC(=O)c1ccc(F)c(F)c1. The normalized spacial score (nSPS) is 10.3. The highest BCUT2D eigenvalue weighted by molar-refractivity contribution is 5.97. The minimum atomic E-state index is -1.06. The maximum atomic E-state index is 13.0. The van der Waals surface area contributed by atoms with Crippen molar-refractivity contribution in [2.24, 2.45) is 0 Å². The van der Waals surface area contributed by atoms with Gasteiger partial charge in [-0.1, -0.05) is 6.92 Å². The molecular formula is C14H18F2N2O2. The van der Waals surface area contributed by atoms with E-state index in [1.165, 1.54) is 6.07 Å². The van der Waals surface area contributed by atoms with E-state index in [0.717, 1.165) is 18.7 Å². The van der Waals surface area contributed by atoms with Crippen LogP contribution in [-0.2, 0) is 4.79 Å². The van der Waals surface area contributed by atoms with E-state index in [4.69, 9.17) is 0 Å². The Hall–Kier alpha value is -1.82. The van der Waals surface area contributed by atoms with Crippen molar-refractivity contribution < 1.29 is 18.4 Å². The Kier molecular flexibility index (Phi) is 6.79. The van der Waals surface area contributed by atoms with Crippen molar-refractivity contribution in [2.45, 2.75) is 19.8 Å². The Morgan fingerprint density at radius 2 is 1.85 bits per heavy atom. The molecule has 1 amide bonds. The van der Waals surface area contributed by atoms with Crippen LogP contribution in [0.25, 0.3) is 0 Å². The lowest BCUT2D eigenvalue weighted by atomic mass is 10.1. The van der Waals surface area contributed by atoms with Crippen LogP contribution >= 0.6 is 0 Å². The fourth-order valence-electron chi connectivity index (χ4n) is 1.60. The summed E-state index contributed by atoms with van der Waals surface area (Å²) in [5, 5.41) is 5.70. The molecule has 1 aromatic rings. The first-order chi connectivity index (χ1) is 9.54. The van der Waals surface area contributed by atoms with Crippen LogP contribution in [0.5, 0.6) is 0 Å². The van der Waals surface area contributed by atoms with Crippen LogP contribution < -0.4 is 10.6 Å². The van der Waals surface area contributed by atoms with Crippen molar-refractivity contribution in [1.29, 1.82) is 0 Å². The number of carbonyl (C=O) groups excluding carboxylic acids is 2. The highest BCUT2D eigenvalue weighted by Crippen LogP contribution is 2.11. The number of rotatable bonds is 8. The lowest BCUT2D eigenvalue weighted by Gasteiger charge is -2.05. The van der Waals surface area contributed by atoms with Gasteiger partial charge in [0, 0.05) is 31.5 Å². The van der Waals surface area contributed by atoms with E-state index in [-0.39, 0.29) is 30.1 Å². The summed E-state index contributed by atoms with van der Waals surface area (Å²) in [4.78, 5) is 23.1. The van der Waals surface area contributed by atoms with Gasteiger partial charge in [-0.3, -0.25) is 9.59 Å². The Morgan fingerprint density at radius 3 is 2.50 bits per heavy atom. The Balaban J connectivity index is 2.35. The van der Waals surface area contributed by atoms with Crippen LogP contribution in [0.3, 0.4) is 0 Å². The number of ketones is 1. The molecule has 0 atom stereocenters. The van der Waals surface area contributed by atoms with E-state index in [2.05, 4.69) is 10.6 Å². The first-order valence-electron chi connectivity index (χ1n) is 6.50. The average Bonchev–Trinajstić information content (AvgIpc) is 2.44. The van der Waals surface area contributed by atoms with E-state index in [0.29, 0.717) is 13.1 Å². The number of nitrogens with one attached hydrogen (secondary N) is 2. The third-order valence-electron chi connectivity index (χ3n) is 2.69. The van der Waals surface area contributed by atoms with E-state index in [1.54, 1.807) is 0 Å². The summed E-state index contributed by atoms with van der Waals surface area (Å²) in [7, 11) is 0. The molecule has 0 heterocycles. The molecule has 0 saturated carbocycles. The van der Waals surface area contributed by atoms with E-state index < -0.39 is 11.6 Å². The summed E-state index contributed by atoms with van der Waals surface area (Å²) >= 11 is 0. The van der Waals surface area contributed by atoms with Crippen LogP contribution in [0.1, 0.15) is 30.1 Å². The maximum Gasteiger partial charge on any atom is 0.220 e. The van der Waals surface area contributed by atoms with Gasteiger partial charge in [-0.15, -0.1) is 0 Å². The molecule has 0 aliphatic rings. The van der Waals surface area contributed by atoms with E-state index >= 15 is 0 Å². The molecule has 2 N–H and O–H groups in total. The lowest BCUT2D eigenvalue weighted by molar-refractivity contribution is -0.121. The molecule has 0 aliphatic carbocycles. The Bertz CT molecular complexity index is 478. The number of benzene rings is 1. The molecule has 20 heavy (non-hydrogen) atoms. The third-order valence-corrected chi connectivity index (χ3v) is 2.69. The molecule has 0 spiro atoms. The molecule has 4 nitrogen and oxygen atoms in total. The minimum Gasteiger partial charge on any atom is -0.355 e. The van der Waals surface area contributed by atoms with Crippen molar-refractivity contribution >= 4 is 11.7 Å². The van der Waals surface area contributed by atoms with Crippen LogP contribution in [0.2, 0.25) is 0 Å². The number of amides is 1. The van der Waals surface area contributed by atoms with Crippen molar-refractivity contribution in [1.82, 2.24) is 10.6 Å². The molecule has 0 fully saturated rings. The van der Waals surface area contributed by atoms with Crippen LogP contribution in [0.15, 0.2) is 18.2 Å². The summed E-state index contributed by atoms with van der Waals surface area (Å²) in [6, 6.07) is 2.96. The summed E-state index contributed by atoms with van der Waals surface area (Å²) < 4.78 is 25.7. The fraction of sp³-hybridized carbons (Fsp3) is 0.429. The van der Waals surface area contributed by atoms with Gasteiger partial charge in [0.25, 0.3) is 0 Å². The van der Waals surface area contributed by atoms with Gasteiger partial charge in [0.15, 0.2) is 17.4 Å². The highest BCUT2D eigenvalue weighted by Gasteiger charge is 2.11. The molecule has 0 aliphatic heterocycles. The zero-order chi connectivity index (χ0) is 15.0. The van der Waals surface area contributed by atoms with Crippen molar-refractivity contribution in [3.63, 3.8) is 0 Å². The summed E-state index contributed by atoms with van der Waals surface area (Å²) in [6.45, 7) is 3.94. The highest BCUT2D eigenvalue weighted by atomic mass is 19.2. The molecule has 0 aromatic heterocycles. The molecule has 110 valence electrons. The van der Waals surface area contributed by atoms with Gasteiger partial charge in [-0.2, -0.15) is 0 Å². The molecule has 0 radical (unpaired) electrons. The Labute approximate surface area is 116 Å². The number of carbonyl (C=O) groups is 2. The van der Waals surface area contributed by atoms with Crippen molar-refractivity contribution in [3.8, 4) is 0 Å². The second-order valence-corrected chi connectivity index (χ2v) is 4.26. The monoisotopic (exact) mass is 284 g/mol. The number of likely N-dealkylation sites (N-methyl/N-ethyl adjacent to an activating group) is 1. The van der Waals surface area contributed by atoms with Gasteiger partial charge in [0.1, 0.15) is 0 Å². The predicted octanol–water partition coefficient (Wildman–Crippen LogP) is 1.65. The number of hydrogen-bond donors (Lipinski definition) is 2. The molecule has 0 unspecified atom stereocenters. The van der Waals surface area contributed by atoms with Gasteiger partial charge in [0.05, 0.1) is 0 Å². The van der Waals surface area contributed by atoms with Crippen LogP contribution in [-0.4, -0.2) is 31.3 Å². The number of hydrogen-bond acceptors (Lipinski definition) is 3. The first-order valence-corrected chi connectivity index (χ1v) is 6.50. The second-order valence-electron chi connectivity index (χ2n) is 4.26. The van der Waals surface area contributed by atoms with Crippen molar-refractivity contribution in [3.05, 3.63) is 35.4 Å². The number of Topliss-reactive ketones (excluding diaryl/α,β-unsaturated/α-hetero) is 1. The van der Waals surface area contributed by atoms with Crippen molar-refractivity contribution in [2.75, 3.05) is 19.6 Å². The van der Waals surface area contributed by atoms with Gasteiger partial charge >= 0.3 is 0 Å². The first kappa shape index (κ1) is 16.2. The Morgan fingerprint density at radius 1 is 1.10 bits per heavy atom. The van der Waals surface area contributed by atoms with Gasteiger partial charge in [-0.25, -0.2) is 8.78 Å². The van der Waals surface area contributed by atoms with Crippen LogP contribution in [0, 0.1) is 11.6 Å². The smallest absolute Gasteiger partial charge is 0.220 e. The number of halogens is 2. The zero-order valence-corrected chi connectivity index (χ0v) is 11.3. The van der Waals surface area contributed by atoms with E-state index in [9.17, 15) is 18.4 Å². The zero-order valence-electron chi connectivity index (χ0n) is 11.3. The molecule has 1 aromatic carbocycles. The van der Waals surface area contributed by atoms with Gasteiger partial charge in [-0.05, 0) is 24.7 Å². The minimum absolute atomic E-state index is 0.0297. The largest absolute Gasteiger partial charge is 0.355 e. The van der Waals surface area contributed by atoms with Gasteiger partial charge in [0.2, 0.25) is 5.91 Å². The molecule has 1 rings (SSSR count). The molecule has 0 bridgehead atoms. The molecular weight excluding hydrogens is 266 g/mol. The predicted molar refractivity (Wildman–Crippen MR) is 71.5 cm³/mol. The second kappa shape index (κ2) is 8.37. The molecule has 6 heteroatoms. The lowest BCUT2D eigenvalue weighted by Crippen LogP contribution is -2.31.